The monoisotopic (exact) mass is 205 g/mol. The van der Waals surface area contributed by atoms with Gasteiger partial charge in [0.2, 0.25) is 5.88 Å². The van der Waals surface area contributed by atoms with Crippen LogP contribution in [0.5, 0.6) is 5.88 Å². The first-order valence-corrected chi connectivity index (χ1v) is 5.26. The Labute approximate surface area is 89.5 Å². The highest BCUT2D eigenvalue weighted by atomic mass is 16.5. The fraction of sp³-hybridized carbons (Fsp3) is 0.500. The summed E-state index contributed by atoms with van der Waals surface area (Å²) in [5.74, 6) is 1.05. The van der Waals surface area contributed by atoms with Crippen LogP contribution in [-0.2, 0) is 0 Å². The molecule has 0 aliphatic heterocycles. The molecule has 1 aliphatic carbocycles. The topological polar surface area (TPSA) is 39.2 Å². The number of carbonyl (C=O) groups is 1. The van der Waals surface area contributed by atoms with Crippen molar-refractivity contribution < 1.29 is 9.53 Å². The molecule has 0 spiro atoms. The van der Waals surface area contributed by atoms with Crippen LogP contribution in [0.2, 0.25) is 0 Å². The average Bonchev–Trinajstić information content (AvgIpc) is 2.99. The van der Waals surface area contributed by atoms with E-state index < -0.39 is 0 Å². The lowest BCUT2D eigenvalue weighted by molar-refractivity contribution is 0.111. The Hall–Kier alpha value is -1.38. The first-order valence-electron chi connectivity index (χ1n) is 5.26. The maximum absolute atomic E-state index is 10.6. The molecule has 2 rings (SSSR count). The van der Waals surface area contributed by atoms with Gasteiger partial charge in [0.15, 0.2) is 0 Å². The molecule has 3 heteroatoms. The van der Waals surface area contributed by atoms with E-state index >= 15 is 0 Å². The smallest absolute Gasteiger partial charge is 0.214 e. The number of aldehydes is 1. The van der Waals surface area contributed by atoms with E-state index in [2.05, 4.69) is 18.8 Å². The lowest BCUT2D eigenvalue weighted by Crippen LogP contribution is -2.25. The predicted octanol–water partition coefficient (Wildman–Crippen LogP) is 2.46. The molecule has 1 aromatic rings. The molecule has 1 heterocycles. The third-order valence-corrected chi connectivity index (χ3v) is 3.00. The Morgan fingerprint density at radius 3 is 2.80 bits per heavy atom. The summed E-state index contributed by atoms with van der Waals surface area (Å²) in [6, 6.07) is 3.37. The molecule has 3 nitrogen and oxygen atoms in total. The van der Waals surface area contributed by atoms with Gasteiger partial charge in [-0.3, -0.25) is 4.79 Å². The second-order valence-electron chi connectivity index (χ2n) is 4.37. The van der Waals surface area contributed by atoms with Gasteiger partial charge >= 0.3 is 0 Å². The maximum Gasteiger partial charge on any atom is 0.214 e. The maximum atomic E-state index is 10.6. The van der Waals surface area contributed by atoms with Crippen LogP contribution in [0.3, 0.4) is 0 Å². The lowest BCUT2D eigenvalue weighted by atomic mass is 10.1. The van der Waals surface area contributed by atoms with E-state index in [0.29, 0.717) is 17.4 Å². The number of rotatable bonds is 4. The molecule has 0 atom stereocenters. The molecular weight excluding hydrogens is 190 g/mol. The molecule has 0 saturated heterocycles. The quantitative estimate of drug-likeness (QED) is 0.709. The summed E-state index contributed by atoms with van der Waals surface area (Å²) in [5.41, 5.74) is 0.577. The lowest BCUT2D eigenvalue weighted by Gasteiger charge is -2.20. The number of carbonyl (C=O) groups excluding carboxylic acids is 1. The molecule has 0 amide bonds. The Morgan fingerprint density at radius 2 is 2.27 bits per heavy atom. The van der Waals surface area contributed by atoms with Gasteiger partial charge in [-0.25, -0.2) is 4.98 Å². The van der Waals surface area contributed by atoms with Gasteiger partial charge in [-0.05, 0) is 24.8 Å². The van der Waals surface area contributed by atoms with Gasteiger partial charge in [0.05, 0.1) is 0 Å². The number of hydrogen-bond donors (Lipinski definition) is 0. The summed E-state index contributed by atoms with van der Waals surface area (Å²) < 4.78 is 5.85. The van der Waals surface area contributed by atoms with Crippen LogP contribution < -0.4 is 4.74 Å². The Bertz CT molecular complexity index is 370. The van der Waals surface area contributed by atoms with E-state index in [1.54, 1.807) is 18.3 Å². The standard InChI is InChI=1S/C12H15NO2/c1-9(2)12(4-5-12)15-11-7-10(8-14)3-6-13-11/h3,6-9H,4-5H2,1-2H3. The highest BCUT2D eigenvalue weighted by Gasteiger charge is 2.48. The van der Waals surface area contributed by atoms with Crippen molar-refractivity contribution in [3.63, 3.8) is 0 Å². The summed E-state index contributed by atoms with van der Waals surface area (Å²) in [6.45, 7) is 4.30. The Balaban J connectivity index is 2.14. The van der Waals surface area contributed by atoms with Crippen molar-refractivity contribution in [2.24, 2.45) is 5.92 Å². The third-order valence-electron chi connectivity index (χ3n) is 3.00. The number of aromatic nitrogens is 1. The second-order valence-corrected chi connectivity index (χ2v) is 4.37. The van der Waals surface area contributed by atoms with Crippen molar-refractivity contribution in [3.8, 4) is 5.88 Å². The van der Waals surface area contributed by atoms with Crippen molar-refractivity contribution in [3.05, 3.63) is 23.9 Å². The van der Waals surface area contributed by atoms with Crippen molar-refractivity contribution in [1.82, 2.24) is 4.98 Å². The molecule has 0 N–H and O–H groups in total. The molecule has 0 bridgehead atoms. The minimum Gasteiger partial charge on any atom is -0.471 e. The third kappa shape index (κ3) is 2.01. The fourth-order valence-electron chi connectivity index (χ4n) is 1.68. The van der Waals surface area contributed by atoms with Crippen LogP contribution in [0.4, 0.5) is 0 Å². The summed E-state index contributed by atoms with van der Waals surface area (Å²) >= 11 is 0. The van der Waals surface area contributed by atoms with Crippen molar-refractivity contribution >= 4 is 6.29 Å². The van der Waals surface area contributed by atoms with Gasteiger partial charge in [-0.2, -0.15) is 0 Å². The SMILES string of the molecule is CC(C)C1(Oc2cc(C=O)ccn2)CC1. The van der Waals surface area contributed by atoms with Crippen molar-refractivity contribution in [2.75, 3.05) is 0 Å². The van der Waals surface area contributed by atoms with E-state index in [4.69, 9.17) is 4.74 Å². The van der Waals surface area contributed by atoms with E-state index in [1.165, 1.54) is 0 Å². The summed E-state index contributed by atoms with van der Waals surface area (Å²) in [4.78, 5) is 14.7. The largest absolute Gasteiger partial charge is 0.471 e. The summed E-state index contributed by atoms with van der Waals surface area (Å²) in [6.07, 6.45) is 4.58. The fourth-order valence-corrected chi connectivity index (χ4v) is 1.68. The first-order chi connectivity index (χ1) is 7.16. The zero-order chi connectivity index (χ0) is 10.9. The number of pyridine rings is 1. The molecule has 0 radical (unpaired) electrons. The summed E-state index contributed by atoms with van der Waals surface area (Å²) in [5, 5.41) is 0. The minimum absolute atomic E-state index is 0.0332. The predicted molar refractivity (Wildman–Crippen MR) is 57.1 cm³/mol. The highest BCUT2D eigenvalue weighted by Crippen LogP contribution is 2.45. The van der Waals surface area contributed by atoms with Gasteiger partial charge in [0.25, 0.3) is 0 Å². The average molecular weight is 205 g/mol. The zero-order valence-corrected chi connectivity index (χ0v) is 9.06. The number of hydrogen-bond acceptors (Lipinski definition) is 3. The molecule has 0 unspecified atom stereocenters. The van der Waals surface area contributed by atoms with Crippen LogP contribution in [0.15, 0.2) is 18.3 Å². The van der Waals surface area contributed by atoms with Crippen LogP contribution in [-0.4, -0.2) is 16.9 Å². The van der Waals surface area contributed by atoms with E-state index in [0.717, 1.165) is 19.1 Å². The molecule has 80 valence electrons. The van der Waals surface area contributed by atoms with Crippen LogP contribution in [0.25, 0.3) is 0 Å². The van der Waals surface area contributed by atoms with E-state index in [1.807, 2.05) is 0 Å². The number of ether oxygens (including phenoxy) is 1. The summed E-state index contributed by atoms with van der Waals surface area (Å²) in [7, 11) is 0. The molecule has 1 saturated carbocycles. The zero-order valence-electron chi connectivity index (χ0n) is 9.06. The van der Waals surface area contributed by atoms with E-state index in [-0.39, 0.29) is 5.60 Å². The van der Waals surface area contributed by atoms with Crippen LogP contribution in [0, 0.1) is 5.92 Å². The van der Waals surface area contributed by atoms with Gasteiger partial charge in [-0.1, -0.05) is 13.8 Å². The molecule has 1 aliphatic rings. The normalized spacial score (nSPS) is 17.5. The highest BCUT2D eigenvalue weighted by molar-refractivity contribution is 5.74. The number of nitrogens with zero attached hydrogens (tertiary/aromatic N) is 1. The van der Waals surface area contributed by atoms with Crippen LogP contribution in [0.1, 0.15) is 37.0 Å². The second kappa shape index (κ2) is 3.65. The van der Waals surface area contributed by atoms with Gasteiger partial charge in [-0.15, -0.1) is 0 Å². The van der Waals surface area contributed by atoms with Crippen molar-refractivity contribution in [1.29, 1.82) is 0 Å². The molecule has 0 aromatic carbocycles. The molecule has 1 fully saturated rings. The Kier molecular flexibility index (Phi) is 2.47. The Morgan fingerprint density at radius 1 is 1.53 bits per heavy atom. The van der Waals surface area contributed by atoms with Crippen LogP contribution >= 0.6 is 0 Å². The van der Waals surface area contributed by atoms with E-state index in [9.17, 15) is 4.79 Å². The first kappa shape index (κ1) is 10.1. The molecule has 15 heavy (non-hydrogen) atoms. The molecule has 1 aromatic heterocycles. The van der Waals surface area contributed by atoms with Crippen molar-refractivity contribution in [2.45, 2.75) is 32.3 Å². The van der Waals surface area contributed by atoms with Gasteiger partial charge in [0, 0.05) is 17.8 Å². The molecular formula is C12H15NO2. The van der Waals surface area contributed by atoms with Gasteiger partial charge < -0.3 is 4.74 Å². The van der Waals surface area contributed by atoms with Gasteiger partial charge in [0.1, 0.15) is 11.9 Å². The minimum atomic E-state index is -0.0332.